The normalized spacial score (nSPS) is 14.7. The maximum Gasteiger partial charge on any atom is 0.349 e. The molecule has 0 saturated carbocycles. The fourth-order valence-electron chi connectivity index (χ4n) is 3.42. The maximum absolute atomic E-state index is 12.6. The zero-order chi connectivity index (χ0) is 21.3. The summed E-state index contributed by atoms with van der Waals surface area (Å²) >= 11 is 0. The number of hydrogen-bond donors (Lipinski definition) is 1. The van der Waals surface area contributed by atoms with Gasteiger partial charge in [0.1, 0.15) is 5.56 Å². The minimum atomic E-state index is -3.53. The molecular formula is C21H20N2O6S. The Labute approximate surface area is 173 Å². The molecule has 1 fully saturated rings. The van der Waals surface area contributed by atoms with E-state index in [1.807, 2.05) is 0 Å². The molecule has 2 aromatic carbocycles. The van der Waals surface area contributed by atoms with Crippen molar-refractivity contribution in [3.63, 3.8) is 0 Å². The zero-order valence-electron chi connectivity index (χ0n) is 16.3. The van der Waals surface area contributed by atoms with E-state index in [9.17, 15) is 18.0 Å². The molecular weight excluding hydrogens is 408 g/mol. The van der Waals surface area contributed by atoms with Gasteiger partial charge in [-0.25, -0.2) is 13.2 Å². The summed E-state index contributed by atoms with van der Waals surface area (Å²) in [6.45, 7) is 1.03. The minimum Gasteiger partial charge on any atom is -0.493 e. The van der Waals surface area contributed by atoms with E-state index in [2.05, 4.69) is 5.32 Å². The van der Waals surface area contributed by atoms with Crippen LogP contribution < -0.4 is 15.7 Å². The Bertz CT molecular complexity index is 1260. The lowest BCUT2D eigenvalue weighted by molar-refractivity contribution is 0.102. The van der Waals surface area contributed by atoms with Gasteiger partial charge in [0, 0.05) is 24.2 Å². The van der Waals surface area contributed by atoms with Gasteiger partial charge in [0.15, 0.2) is 11.3 Å². The lowest BCUT2D eigenvalue weighted by Crippen LogP contribution is -2.27. The number of amides is 1. The Morgan fingerprint density at radius 3 is 2.47 bits per heavy atom. The molecule has 1 N–H and O–H groups in total. The van der Waals surface area contributed by atoms with Crippen molar-refractivity contribution >= 4 is 32.6 Å². The molecule has 1 aliphatic rings. The lowest BCUT2D eigenvalue weighted by atomic mass is 10.1. The maximum atomic E-state index is 12.6. The summed E-state index contributed by atoms with van der Waals surface area (Å²) in [6, 6.07) is 12.4. The van der Waals surface area contributed by atoms with E-state index >= 15 is 0 Å². The number of rotatable bonds is 5. The highest BCUT2D eigenvalue weighted by Gasteiger charge is 2.27. The van der Waals surface area contributed by atoms with Crippen LogP contribution >= 0.6 is 0 Å². The lowest BCUT2D eigenvalue weighted by Gasteiger charge is -2.15. The van der Waals surface area contributed by atoms with Crippen LogP contribution in [0.5, 0.6) is 5.75 Å². The SMILES string of the molecule is COc1cccc2cc(C(=O)Nc3ccc(S(=O)(=O)N4CCCC4)cc3)c(=O)oc12. The Morgan fingerprint density at radius 1 is 1.10 bits per heavy atom. The van der Waals surface area contributed by atoms with Gasteiger partial charge in [0.25, 0.3) is 5.91 Å². The molecule has 156 valence electrons. The number of sulfonamides is 1. The number of carbonyl (C=O) groups excluding carboxylic acids is 1. The van der Waals surface area contributed by atoms with E-state index in [0.717, 1.165) is 12.8 Å². The summed E-state index contributed by atoms with van der Waals surface area (Å²) in [4.78, 5) is 25.1. The molecule has 9 heteroatoms. The standard InChI is InChI=1S/C21H20N2O6S/c1-28-18-6-4-5-14-13-17(21(25)29-19(14)18)20(24)22-15-7-9-16(10-8-15)30(26,27)23-11-2-3-12-23/h4-10,13H,2-3,11-12H2,1H3,(H,22,24). The van der Waals surface area contributed by atoms with Gasteiger partial charge in [0.05, 0.1) is 12.0 Å². The predicted octanol–water partition coefficient (Wildman–Crippen LogP) is 2.84. The molecule has 1 aliphatic heterocycles. The smallest absolute Gasteiger partial charge is 0.349 e. The monoisotopic (exact) mass is 428 g/mol. The molecule has 0 bridgehead atoms. The van der Waals surface area contributed by atoms with Crippen LogP contribution in [0.15, 0.2) is 62.6 Å². The van der Waals surface area contributed by atoms with Crippen molar-refractivity contribution in [2.24, 2.45) is 0 Å². The van der Waals surface area contributed by atoms with Crippen LogP contribution in [0.25, 0.3) is 11.0 Å². The van der Waals surface area contributed by atoms with Gasteiger partial charge in [-0.3, -0.25) is 4.79 Å². The highest BCUT2D eigenvalue weighted by atomic mass is 32.2. The number of hydrogen-bond acceptors (Lipinski definition) is 6. The van der Waals surface area contributed by atoms with Crippen LogP contribution in [0, 0.1) is 0 Å². The molecule has 3 aromatic rings. The summed E-state index contributed by atoms with van der Waals surface area (Å²) < 4.78 is 37.1. The zero-order valence-corrected chi connectivity index (χ0v) is 17.1. The molecule has 2 heterocycles. The fraction of sp³-hybridized carbons (Fsp3) is 0.238. The van der Waals surface area contributed by atoms with Crippen molar-refractivity contribution in [2.45, 2.75) is 17.7 Å². The summed E-state index contributed by atoms with van der Waals surface area (Å²) in [7, 11) is -2.07. The topological polar surface area (TPSA) is 106 Å². The number of ether oxygens (including phenoxy) is 1. The number of anilines is 1. The predicted molar refractivity (Wildman–Crippen MR) is 111 cm³/mol. The molecule has 4 rings (SSSR count). The highest BCUT2D eigenvalue weighted by molar-refractivity contribution is 7.89. The van der Waals surface area contributed by atoms with Crippen LogP contribution in [0.3, 0.4) is 0 Å². The molecule has 30 heavy (non-hydrogen) atoms. The molecule has 0 spiro atoms. The van der Waals surface area contributed by atoms with Gasteiger partial charge in [0.2, 0.25) is 10.0 Å². The van der Waals surface area contributed by atoms with Crippen LogP contribution in [0.1, 0.15) is 23.2 Å². The summed E-state index contributed by atoms with van der Waals surface area (Å²) in [6.07, 6.45) is 1.71. The minimum absolute atomic E-state index is 0.162. The average Bonchev–Trinajstić information content (AvgIpc) is 3.29. The van der Waals surface area contributed by atoms with E-state index in [4.69, 9.17) is 9.15 Å². The molecule has 8 nitrogen and oxygen atoms in total. The average molecular weight is 428 g/mol. The number of carbonyl (C=O) groups is 1. The van der Waals surface area contributed by atoms with Gasteiger partial charge in [-0.15, -0.1) is 0 Å². The molecule has 1 aromatic heterocycles. The molecule has 0 radical (unpaired) electrons. The second-order valence-corrected chi connectivity index (χ2v) is 8.85. The van der Waals surface area contributed by atoms with Crippen LogP contribution in [0.4, 0.5) is 5.69 Å². The van der Waals surface area contributed by atoms with Crippen molar-refractivity contribution in [1.82, 2.24) is 4.31 Å². The van der Waals surface area contributed by atoms with Gasteiger partial charge in [-0.2, -0.15) is 4.31 Å². The first-order chi connectivity index (χ1) is 14.4. The third-order valence-corrected chi connectivity index (χ3v) is 6.92. The molecule has 0 aliphatic carbocycles. The fourth-order valence-corrected chi connectivity index (χ4v) is 4.94. The largest absolute Gasteiger partial charge is 0.493 e. The van der Waals surface area contributed by atoms with Crippen molar-refractivity contribution in [1.29, 1.82) is 0 Å². The van der Waals surface area contributed by atoms with E-state index in [1.54, 1.807) is 18.2 Å². The third kappa shape index (κ3) is 3.69. The van der Waals surface area contributed by atoms with Gasteiger partial charge in [-0.05, 0) is 49.2 Å². The van der Waals surface area contributed by atoms with E-state index < -0.39 is 21.6 Å². The quantitative estimate of drug-likeness (QED) is 0.627. The van der Waals surface area contributed by atoms with Crippen molar-refractivity contribution < 1.29 is 22.4 Å². The Morgan fingerprint density at radius 2 is 1.80 bits per heavy atom. The summed E-state index contributed by atoms with van der Waals surface area (Å²) in [5.74, 6) is -0.255. The van der Waals surface area contributed by atoms with Gasteiger partial charge in [-0.1, -0.05) is 12.1 Å². The molecule has 1 saturated heterocycles. The summed E-state index contributed by atoms with van der Waals surface area (Å²) in [5, 5.41) is 3.15. The van der Waals surface area contributed by atoms with Gasteiger partial charge < -0.3 is 14.5 Å². The number of nitrogens with one attached hydrogen (secondary N) is 1. The second-order valence-electron chi connectivity index (χ2n) is 6.92. The number of nitrogens with zero attached hydrogens (tertiary/aromatic N) is 1. The highest BCUT2D eigenvalue weighted by Crippen LogP contribution is 2.25. The second kappa shape index (κ2) is 7.92. The van der Waals surface area contributed by atoms with Crippen LogP contribution in [-0.4, -0.2) is 38.8 Å². The van der Waals surface area contributed by atoms with E-state index in [1.165, 1.54) is 41.7 Å². The summed E-state index contributed by atoms with van der Waals surface area (Å²) in [5.41, 5.74) is -0.328. The van der Waals surface area contributed by atoms with Gasteiger partial charge >= 0.3 is 5.63 Å². The molecule has 0 unspecified atom stereocenters. The Balaban J connectivity index is 1.57. The van der Waals surface area contributed by atoms with Crippen molar-refractivity contribution in [3.8, 4) is 5.75 Å². The number of para-hydroxylation sites is 1. The molecule has 1 amide bonds. The Hall–Kier alpha value is -3.17. The first-order valence-electron chi connectivity index (χ1n) is 9.42. The van der Waals surface area contributed by atoms with Crippen molar-refractivity contribution in [3.05, 3.63) is 64.5 Å². The Kier molecular flexibility index (Phi) is 5.31. The number of benzene rings is 2. The van der Waals surface area contributed by atoms with Crippen LogP contribution in [-0.2, 0) is 10.0 Å². The van der Waals surface area contributed by atoms with Crippen LogP contribution in [0.2, 0.25) is 0 Å². The number of fused-ring (bicyclic) bond motifs is 1. The third-order valence-electron chi connectivity index (χ3n) is 5.00. The van der Waals surface area contributed by atoms with E-state index in [-0.39, 0.29) is 16.0 Å². The molecule has 0 atom stereocenters. The number of methoxy groups -OCH3 is 1. The van der Waals surface area contributed by atoms with Crippen molar-refractivity contribution in [2.75, 3.05) is 25.5 Å². The first kappa shape index (κ1) is 20.1. The van der Waals surface area contributed by atoms with E-state index in [0.29, 0.717) is 29.9 Å². The first-order valence-corrected chi connectivity index (χ1v) is 10.9.